The van der Waals surface area contributed by atoms with Crippen LogP contribution in [0.3, 0.4) is 0 Å². The van der Waals surface area contributed by atoms with Crippen LogP contribution in [0.1, 0.15) is 17.0 Å². The monoisotopic (exact) mass is 226 g/mol. The van der Waals surface area contributed by atoms with Gasteiger partial charge in [-0.3, -0.25) is 4.79 Å². The van der Waals surface area contributed by atoms with Crippen molar-refractivity contribution in [3.63, 3.8) is 0 Å². The van der Waals surface area contributed by atoms with E-state index in [4.69, 9.17) is 11.6 Å². The number of rotatable bonds is 4. The predicted molar refractivity (Wildman–Crippen MR) is 56.8 cm³/mol. The fourth-order valence-electron chi connectivity index (χ4n) is 1.34. The number of hydrogen-bond donors (Lipinski definition) is 0. The summed E-state index contributed by atoms with van der Waals surface area (Å²) >= 11 is 5.71. The van der Waals surface area contributed by atoms with E-state index >= 15 is 0 Å². The van der Waals surface area contributed by atoms with Gasteiger partial charge in [0, 0.05) is 5.88 Å². The highest BCUT2D eigenvalue weighted by atomic mass is 35.5. The van der Waals surface area contributed by atoms with Gasteiger partial charge in [0.2, 0.25) is 0 Å². The van der Waals surface area contributed by atoms with Gasteiger partial charge in [0.25, 0.3) is 0 Å². The van der Waals surface area contributed by atoms with Gasteiger partial charge in [-0.05, 0) is 11.1 Å². The molecule has 0 aliphatic carbocycles. The van der Waals surface area contributed by atoms with Gasteiger partial charge in [-0.2, -0.15) is 0 Å². The van der Waals surface area contributed by atoms with Crippen molar-refractivity contribution in [2.24, 2.45) is 0 Å². The van der Waals surface area contributed by atoms with E-state index < -0.39 is 11.9 Å². The van der Waals surface area contributed by atoms with Crippen molar-refractivity contribution in [2.75, 3.05) is 7.11 Å². The van der Waals surface area contributed by atoms with Gasteiger partial charge in [0.05, 0.1) is 7.11 Å². The van der Waals surface area contributed by atoms with Gasteiger partial charge < -0.3 is 9.53 Å². The molecule has 80 valence electrons. The lowest BCUT2D eigenvalue weighted by atomic mass is 9.96. The first-order valence-corrected chi connectivity index (χ1v) is 4.95. The zero-order valence-electron chi connectivity index (χ0n) is 8.27. The molecule has 0 aliphatic rings. The van der Waals surface area contributed by atoms with Crippen LogP contribution in [0.15, 0.2) is 24.3 Å². The molecule has 1 unspecified atom stereocenters. The summed E-state index contributed by atoms with van der Waals surface area (Å²) in [5.74, 6) is -1.19. The molecule has 1 aromatic carbocycles. The summed E-state index contributed by atoms with van der Waals surface area (Å²) in [4.78, 5) is 22.1. The molecule has 0 fully saturated rings. The maximum absolute atomic E-state index is 11.3. The number of carbonyl (C=O) groups is 2. The Balaban J connectivity index is 3.11. The minimum absolute atomic E-state index is 0.261. The van der Waals surface area contributed by atoms with Gasteiger partial charge >= 0.3 is 5.97 Å². The molecular formula is C11H11ClO3. The largest absolute Gasteiger partial charge is 0.468 e. The topological polar surface area (TPSA) is 43.4 Å². The van der Waals surface area contributed by atoms with Crippen molar-refractivity contribution < 1.29 is 14.3 Å². The molecule has 1 aromatic rings. The number of aldehydes is 1. The van der Waals surface area contributed by atoms with Crippen molar-refractivity contribution in [3.05, 3.63) is 35.4 Å². The van der Waals surface area contributed by atoms with Crippen molar-refractivity contribution >= 4 is 23.9 Å². The van der Waals surface area contributed by atoms with Gasteiger partial charge in [-0.25, -0.2) is 0 Å². The molecule has 0 bridgehead atoms. The second kappa shape index (κ2) is 5.51. The van der Waals surface area contributed by atoms with Crippen LogP contribution in [0.25, 0.3) is 0 Å². The van der Waals surface area contributed by atoms with Crippen LogP contribution in [0.2, 0.25) is 0 Å². The highest BCUT2D eigenvalue weighted by molar-refractivity contribution is 6.17. The molecule has 0 heterocycles. The maximum Gasteiger partial charge on any atom is 0.320 e. The van der Waals surface area contributed by atoms with E-state index in [1.165, 1.54) is 7.11 Å². The van der Waals surface area contributed by atoms with Crippen LogP contribution in [-0.2, 0) is 20.2 Å². The summed E-state index contributed by atoms with van der Waals surface area (Å²) in [6.07, 6.45) is 0.567. The molecule has 1 rings (SSSR count). The van der Waals surface area contributed by atoms with E-state index in [2.05, 4.69) is 4.74 Å². The summed E-state index contributed by atoms with van der Waals surface area (Å²) in [6.45, 7) is 0. The minimum Gasteiger partial charge on any atom is -0.468 e. The molecule has 0 saturated heterocycles. The van der Waals surface area contributed by atoms with Crippen molar-refractivity contribution in [1.29, 1.82) is 0 Å². The standard InChI is InChI=1S/C11H11ClO3/c1-15-11(14)10(7-13)9-5-3-2-4-8(9)6-12/h2-5,7,10H,6H2,1H3. The summed E-state index contributed by atoms with van der Waals surface area (Å²) < 4.78 is 4.54. The lowest BCUT2D eigenvalue weighted by Gasteiger charge is -2.11. The Kier molecular flexibility index (Phi) is 4.31. The molecule has 0 saturated carbocycles. The van der Waals surface area contributed by atoms with Crippen LogP contribution in [0.5, 0.6) is 0 Å². The third kappa shape index (κ3) is 2.57. The molecule has 0 amide bonds. The van der Waals surface area contributed by atoms with Crippen molar-refractivity contribution in [3.8, 4) is 0 Å². The molecule has 0 aliphatic heterocycles. The lowest BCUT2D eigenvalue weighted by molar-refractivity contribution is -0.143. The summed E-state index contributed by atoms with van der Waals surface area (Å²) in [6, 6.07) is 7.04. The quantitative estimate of drug-likeness (QED) is 0.341. The van der Waals surface area contributed by atoms with E-state index in [1.807, 2.05) is 0 Å². The normalized spacial score (nSPS) is 11.9. The molecule has 0 aromatic heterocycles. The maximum atomic E-state index is 11.3. The molecule has 3 nitrogen and oxygen atoms in total. The molecule has 1 atom stereocenters. The molecule has 0 N–H and O–H groups in total. The first-order chi connectivity index (χ1) is 7.24. The van der Waals surface area contributed by atoms with Gasteiger partial charge in [0.1, 0.15) is 12.2 Å². The number of halogens is 1. The summed E-state index contributed by atoms with van der Waals surface area (Å²) in [5.41, 5.74) is 1.37. The third-order valence-electron chi connectivity index (χ3n) is 2.13. The second-order valence-electron chi connectivity index (χ2n) is 2.97. The number of benzene rings is 1. The number of esters is 1. The van der Waals surface area contributed by atoms with Crippen LogP contribution in [0, 0.1) is 0 Å². The van der Waals surface area contributed by atoms with E-state index in [9.17, 15) is 9.59 Å². The average molecular weight is 227 g/mol. The van der Waals surface area contributed by atoms with E-state index in [0.717, 1.165) is 5.56 Å². The Morgan fingerprint density at radius 1 is 1.53 bits per heavy atom. The highest BCUT2D eigenvalue weighted by Gasteiger charge is 2.22. The first kappa shape index (κ1) is 11.7. The lowest BCUT2D eigenvalue weighted by Crippen LogP contribution is -2.16. The number of methoxy groups -OCH3 is 1. The van der Waals surface area contributed by atoms with E-state index in [-0.39, 0.29) is 5.88 Å². The van der Waals surface area contributed by atoms with Crippen LogP contribution < -0.4 is 0 Å². The fraction of sp³-hybridized carbons (Fsp3) is 0.273. The van der Waals surface area contributed by atoms with Gasteiger partial charge in [-0.1, -0.05) is 24.3 Å². The van der Waals surface area contributed by atoms with Crippen LogP contribution in [-0.4, -0.2) is 19.4 Å². The summed E-state index contributed by atoms with van der Waals surface area (Å²) in [7, 11) is 1.25. The molecule has 4 heteroatoms. The van der Waals surface area contributed by atoms with E-state index in [0.29, 0.717) is 11.8 Å². The molecule has 0 spiro atoms. The van der Waals surface area contributed by atoms with Gasteiger partial charge in [-0.15, -0.1) is 11.6 Å². The Labute approximate surface area is 93.0 Å². The second-order valence-corrected chi connectivity index (χ2v) is 3.24. The van der Waals surface area contributed by atoms with Gasteiger partial charge in [0.15, 0.2) is 0 Å². The average Bonchev–Trinajstić information content (AvgIpc) is 2.30. The highest BCUT2D eigenvalue weighted by Crippen LogP contribution is 2.21. The third-order valence-corrected chi connectivity index (χ3v) is 2.41. The SMILES string of the molecule is COC(=O)C(C=O)c1ccccc1CCl. The first-order valence-electron chi connectivity index (χ1n) is 4.41. The Hall–Kier alpha value is -1.35. The van der Waals surface area contributed by atoms with Crippen molar-refractivity contribution in [2.45, 2.75) is 11.8 Å². The fourth-order valence-corrected chi connectivity index (χ4v) is 1.59. The van der Waals surface area contributed by atoms with Crippen LogP contribution >= 0.6 is 11.6 Å². The molecular weight excluding hydrogens is 216 g/mol. The summed E-state index contributed by atoms with van der Waals surface area (Å²) in [5, 5.41) is 0. The zero-order chi connectivity index (χ0) is 11.3. The molecule has 15 heavy (non-hydrogen) atoms. The number of ether oxygens (including phenoxy) is 1. The number of hydrogen-bond acceptors (Lipinski definition) is 3. The number of alkyl halides is 1. The molecule has 0 radical (unpaired) electrons. The van der Waals surface area contributed by atoms with E-state index in [1.54, 1.807) is 24.3 Å². The zero-order valence-corrected chi connectivity index (χ0v) is 9.03. The Bertz CT molecular complexity index is 363. The van der Waals surface area contributed by atoms with Crippen LogP contribution in [0.4, 0.5) is 0 Å². The van der Waals surface area contributed by atoms with Crippen molar-refractivity contribution in [1.82, 2.24) is 0 Å². The Morgan fingerprint density at radius 2 is 2.20 bits per heavy atom. The number of carbonyl (C=O) groups excluding carboxylic acids is 2. The predicted octanol–water partition coefficient (Wildman–Crippen LogP) is 1.88. The Morgan fingerprint density at radius 3 is 2.73 bits per heavy atom. The smallest absolute Gasteiger partial charge is 0.320 e. The minimum atomic E-state index is -0.884.